The van der Waals surface area contributed by atoms with Crippen molar-refractivity contribution >= 4 is 79.1 Å². The molecule has 1 aliphatic heterocycles. The lowest BCUT2D eigenvalue weighted by Gasteiger charge is -2.15. The number of thioether (sulfide) groups is 1. The molecule has 1 aliphatic rings. The van der Waals surface area contributed by atoms with Crippen molar-refractivity contribution in [2.45, 2.75) is 20.4 Å². The molecule has 0 bridgehead atoms. The van der Waals surface area contributed by atoms with E-state index < -0.39 is 0 Å². The number of rotatable bonds is 9. The van der Waals surface area contributed by atoms with E-state index in [1.54, 1.807) is 18.2 Å². The van der Waals surface area contributed by atoms with Gasteiger partial charge in [-0.1, -0.05) is 24.3 Å². The number of nitrogens with zero attached hydrogens (tertiary/aromatic N) is 1. The zero-order valence-electron chi connectivity index (χ0n) is 20.6. The van der Waals surface area contributed by atoms with Gasteiger partial charge in [0.1, 0.15) is 0 Å². The first-order valence-electron chi connectivity index (χ1n) is 11.7. The minimum atomic E-state index is -0.347. The Morgan fingerprint density at radius 2 is 1.87 bits per heavy atom. The van der Waals surface area contributed by atoms with Gasteiger partial charge < -0.3 is 14.8 Å². The van der Waals surface area contributed by atoms with Gasteiger partial charge in [-0.25, -0.2) is 0 Å². The van der Waals surface area contributed by atoms with Crippen LogP contribution in [0.5, 0.6) is 11.5 Å². The maximum atomic E-state index is 13.0. The summed E-state index contributed by atoms with van der Waals surface area (Å²) in [7, 11) is 0. The number of halogens is 2. The van der Waals surface area contributed by atoms with Crippen LogP contribution in [0.4, 0.5) is 10.5 Å². The molecule has 196 valence electrons. The van der Waals surface area contributed by atoms with Gasteiger partial charge in [0.2, 0.25) is 0 Å². The van der Waals surface area contributed by atoms with Crippen LogP contribution >= 0.6 is 50.3 Å². The fourth-order valence-corrected chi connectivity index (χ4v) is 5.46. The molecule has 4 rings (SSSR count). The van der Waals surface area contributed by atoms with Crippen LogP contribution in [0, 0.1) is 10.5 Å². The number of carbonyl (C=O) groups is 3. The second-order valence-corrected chi connectivity index (χ2v) is 11.5. The first kappa shape index (κ1) is 28.2. The Labute approximate surface area is 247 Å². The molecule has 0 unspecified atom stereocenters. The molecule has 0 radical (unpaired) electrons. The summed E-state index contributed by atoms with van der Waals surface area (Å²) in [4.78, 5) is 39.6. The lowest BCUT2D eigenvalue weighted by Crippen LogP contribution is -2.27. The molecule has 1 fully saturated rings. The number of carbonyl (C=O) groups excluding carboxylic acids is 3. The lowest BCUT2D eigenvalue weighted by atomic mass is 10.1. The van der Waals surface area contributed by atoms with Crippen LogP contribution in [0.25, 0.3) is 6.08 Å². The van der Waals surface area contributed by atoms with Gasteiger partial charge in [0.25, 0.3) is 17.1 Å². The van der Waals surface area contributed by atoms with Crippen molar-refractivity contribution in [3.8, 4) is 11.5 Å². The summed E-state index contributed by atoms with van der Waals surface area (Å²) in [5, 5.41) is 2.49. The second kappa shape index (κ2) is 12.8. The van der Waals surface area contributed by atoms with E-state index in [2.05, 4.69) is 43.8 Å². The van der Waals surface area contributed by atoms with Gasteiger partial charge in [0.05, 0.1) is 22.5 Å². The van der Waals surface area contributed by atoms with Gasteiger partial charge >= 0.3 is 0 Å². The molecule has 3 amide bonds. The number of anilines is 1. The highest BCUT2D eigenvalue weighted by Crippen LogP contribution is 2.39. The monoisotopic (exact) mass is 706 g/mol. The van der Waals surface area contributed by atoms with Crippen molar-refractivity contribution in [1.29, 1.82) is 0 Å². The predicted octanol–water partition coefficient (Wildman–Crippen LogP) is 7.01. The molecule has 7 nitrogen and oxygen atoms in total. The van der Waals surface area contributed by atoms with Crippen LogP contribution in [-0.2, 0) is 16.1 Å². The van der Waals surface area contributed by atoms with E-state index in [-0.39, 0.29) is 30.2 Å². The van der Waals surface area contributed by atoms with Crippen molar-refractivity contribution in [2.75, 3.05) is 18.5 Å². The Morgan fingerprint density at radius 1 is 1.11 bits per heavy atom. The zero-order valence-corrected chi connectivity index (χ0v) is 25.2. The summed E-state index contributed by atoms with van der Waals surface area (Å²) in [6.45, 7) is 4.15. The molecule has 0 atom stereocenters. The van der Waals surface area contributed by atoms with Crippen molar-refractivity contribution in [2.24, 2.45) is 0 Å². The average molecular weight is 707 g/mol. The van der Waals surface area contributed by atoms with Crippen LogP contribution < -0.4 is 14.8 Å². The summed E-state index contributed by atoms with van der Waals surface area (Å²) in [6, 6.07) is 18.6. The number of benzene rings is 3. The molecular formula is C28H24BrIN2O5S. The molecule has 1 N–H and O–H groups in total. The topological polar surface area (TPSA) is 84.9 Å². The molecule has 0 saturated carbocycles. The molecular weight excluding hydrogens is 683 g/mol. The molecule has 0 aromatic heterocycles. The number of hydrogen-bond donors (Lipinski definition) is 1. The Balaban J connectivity index is 1.48. The fourth-order valence-electron chi connectivity index (χ4n) is 3.69. The van der Waals surface area contributed by atoms with Crippen molar-refractivity contribution < 1.29 is 23.9 Å². The van der Waals surface area contributed by atoms with E-state index in [1.165, 1.54) is 4.90 Å². The number of hydrogen-bond acceptors (Lipinski definition) is 6. The summed E-state index contributed by atoms with van der Waals surface area (Å²) >= 11 is 6.61. The van der Waals surface area contributed by atoms with Gasteiger partial charge in [-0.15, -0.1) is 0 Å². The lowest BCUT2D eigenvalue weighted by molar-refractivity contribution is -0.123. The average Bonchev–Trinajstić information content (AvgIpc) is 3.12. The van der Waals surface area contributed by atoms with E-state index in [1.807, 2.05) is 62.4 Å². The maximum absolute atomic E-state index is 13.0. The third-order valence-electron chi connectivity index (χ3n) is 5.41. The second-order valence-electron chi connectivity index (χ2n) is 8.36. The van der Waals surface area contributed by atoms with E-state index in [0.29, 0.717) is 38.7 Å². The molecule has 10 heteroatoms. The van der Waals surface area contributed by atoms with Crippen molar-refractivity contribution in [1.82, 2.24) is 4.90 Å². The third-order valence-corrected chi connectivity index (χ3v) is 7.62. The number of nitrogens with one attached hydrogen (secondary N) is 1. The van der Waals surface area contributed by atoms with Crippen molar-refractivity contribution in [3.05, 3.63) is 90.3 Å². The largest absolute Gasteiger partial charge is 0.490 e. The molecule has 0 spiro atoms. The SMILES string of the molecule is CCOc1cc(/C=C2\SC(=O)N(Cc3ccc(I)cc3)C2=O)cc(Br)c1OCC(=O)Nc1cccc(C)c1. The first-order chi connectivity index (χ1) is 18.2. The van der Waals surface area contributed by atoms with E-state index in [9.17, 15) is 14.4 Å². The third kappa shape index (κ3) is 7.17. The Hall–Kier alpha value is -2.83. The van der Waals surface area contributed by atoms with Crippen LogP contribution in [0.1, 0.15) is 23.6 Å². The van der Waals surface area contributed by atoms with E-state index in [0.717, 1.165) is 26.5 Å². The molecule has 1 saturated heterocycles. The number of aryl methyl sites for hydroxylation is 1. The minimum Gasteiger partial charge on any atom is -0.490 e. The number of ether oxygens (including phenoxy) is 2. The standard InChI is InChI=1S/C28H24BrIN2O5S/c1-3-36-23-13-19(12-22(29)26(23)37-16-25(33)31-21-6-4-5-17(2)11-21)14-24-27(34)32(28(35)38-24)15-18-7-9-20(30)10-8-18/h4-14H,3,15-16H2,1-2H3,(H,31,33)/b24-14-. The number of amides is 3. The van der Waals surface area contributed by atoms with Crippen LogP contribution in [-0.4, -0.2) is 35.2 Å². The summed E-state index contributed by atoms with van der Waals surface area (Å²) in [5.74, 6) is 0.126. The van der Waals surface area contributed by atoms with Gasteiger partial charge in [-0.2, -0.15) is 0 Å². The molecule has 0 aliphatic carbocycles. The van der Waals surface area contributed by atoms with Crippen LogP contribution in [0.2, 0.25) is 0 Å². The molecule has 1 heterocycles. The Morgan fingerprint density at radius 3 is 2.58 bits per heavy atom. The summed E-state index contributed by atoms with van der Waals surface area (Å²) in [5.41, 5.74) is 3.25. The molecule has 38 heavy (non-hydrogen) atoms. The summed E-state index contributed by atoms with van der Waals surface area (Å²) in [6.07, 6.45) is 1.65. The highest BCUT2D eigenvalue weighted by molar-refractivity contribution is 14.1. The van der Waals surface area contributed by atoms with E-state index in [4.69, 9.17) is 9.47 Å². The van der Waals surface area contributed by atoms with Crippen LogP contribution in [0.3, 0.4) is 0 Å². The summed E-state index contributed by atoms with van der Waals surface area (Å²) < 4.78 is 13.2. The zero-order chi connectivity index (χ0) is 27.2. The highest BCUT2D eigenvalue weighted by atomic mass is 127. The minimum absolute atomic E-state index is 0.213. The van der Waals surface area contributed by atoms with E-state index >= 15 is 0 Å². The fraction of sp³-hybridized carbons (Fsp3) is 0.179. The molecule has 3 aromatic carbocycles. The normalized spacial score (nSPS) is 14.2. The van der Waals surface area contributed by atoms with Crippen LogP contribution in [0.15, 0.2) is 70.0 Å². The maximum Gasteiger partial charge on any atom is 0.293 e. The van der Waals surface area contributed by atoms with Gasteiger partial charge in [0.15, 0.2) is 18.1 Å². The number of imide groups is 1. The Kier molecular flexibility index (Phi) is 9.50. The van der Waals surface area contributed by atoms with Gasteiger partial charge in [-0.3, -0.25) is 19.3 Å². The van der Waals surface area contributed by atoms with Crippen molar-refractivity contribution in [3.63, 3.8) is 0 Å². The van der Waals surface area contributed by atoms with Gasteiger partial charge in [-0.05, 0) is 123 Å². The highest BCUT2D eigenvalue weighted by Gasteiger charge is 2.35. The quantitative estimate of drug-likeness (QED) is 0.190. The molecule has 3 aromatic rings. The first-order valence-corrected chi connectivity index (χ1v) is 14.4. The Bertz CT molecular complexity index is 1410. The van der Waals surface area contributed by atoms with Gasteiger partial charge in [0, 0.05) is 9.26 Å². The smallest absolute Gasteiger partial charge is 0.293 e. The predicted molar refractivity (Wildman–Crippen MR) is 161 cm³/mol.